The van der Waals surface area contributed by atoms with Crippen LogP contribution in [-0.2, 0) is 6.54 Å². The number of amides is 1. The molecule has 1 amide bonds. The zero-order valence-electron chi connectivity index (χ0n) is 14.6. The maximum atomic E-state index is 12.3. The van der Waals surface area contributed by atoms with E-state index in [0.29, 0.717) is 23.0 Å². The van der Waals surface area contributed by atoms with Crippen molar-refractivity contribution in [2.45, 2.75) is 58.2 Å². The lowest BCUT2D eigenvalue weighted by molar-refractivity contribution is 0.0949. The molecule has 1 aromatic carbocycles. The number of rotatable bonds is 6. The number of hydrogen-bond acceptors (Lipinski definition) is 4. The molecule has 3 rings (SSSR count). The lowest BCUT2D eigenvalue weighted by atomic mass is 10.2. The number of ether oxygens (including phenoxy) is 1. The van der Waals surface area contributed by atoms with Gasteiger partial charge in [0.05, 0.1) is 12.6 Å². The van der Waals surface area contributed by atoms with Gasteiger partial charge in [0, 0.05) is 11.6 Å². The van der Waals surface area contributed by atoms with Gasteiger partial charge in [-0.05, 0) is 76.0 Å². The van der Waals surface area contributed by atoms with Gasteiger partial charge in [-0.25, -0.2) is 0 Å². The van der Waals surface area contributed by atoms with Crippen LogP contribution in [0.2, 0.25) is 0 Å². The fraction of sp³-hybridized carbons (Fsp3) is 0.500. The topological polar surface area (TPSA) is 71.9 Å². The Bertz CT molecular complexity index is 773. The van der Waals surface area contributed by atoms with Crippen molar-refractivity contribution >= 4 is 18.1 Å². The summed E-state index contributed by atoms with van der Waals surface area (Å²) in [6.07, 6.45) is 5.03. The molecule has 0 spiro atoms. The summed E-state index contributed by atoms with van der Waals surface area (Å²) in [4.78, 5) is 12.3. The molecule has 1 aliphatic carbocycles. The van der Waals surface area contributed by atoms with E-state index in [1.54, 1.807) is 12.1 Å². The number of nitrogens with zero attached hydrogens (tertiary/aromatic N) is 2. The summed E-state index contributed by atoms with van der Waals surface area (Å²) < 4.78 is 8.38. The van der Waals surface area contributed by atoms with Crippen molar-refractivity contribution in [1.29, 1.82) is 0 Å². The molecule has 1 fully saturated rings. The van der Waals surface area contributed by atoms with Crippen molar-refractivity contribution in [3.8, 4) is 5.75 Å². The van der Waals surface area contributed by atoms with Gasteiger partial charge in [0.2, 0.25) is 0 Å². The van der Waals surface area contributed by atoms with Gasteiger partial charge in [0.25, 0.3) is 5.91 Å². The highest BCUT2D eigenvalue weighted by Crippen LogP contribution is 2.24. The molecular weight excluding hydrogens is 336 g/mol. The number of aromatic nitrogens is 3. The third kappa shape index (κ3) is 4.28. The Hall–Kier alpha value is -2.15. The highest BCUT2D eigenvalue weighted by Gasteiger charge is 2.17. The van der Waals surface area contributed by atoms with Crippen molar-refractivity contribution in [3.63, 3.8) is 0 Å². The predicted molar refractivity (Wildman–Crippen MR) is 98.3 cm³/mol. The Morgan fingerprint density at radius 3 is 2.68 bits per heavy atom. The van der Waals surface area contributed by atoms with Gasteiger partial charge in [0.15, 0.2) is 10.6 Å². The van der Waals surface area contributed by atoms with Crippen molar-refractivity contribution in [2.24, 2.45) is 0 Å². The quantitative estimate of drug-likeness (QED) is 0.769. The molecule has 1 saturated carbocycles. The Kier molecular flexibility index (Phi) is 5.53. The summed E-state index contributed by atoms with van der Waals surface area (Å²) in [5.74, 6) is 1.40. The Balaban J connectivity index is 1.59. The minimum atomic E-state index is -0.142. The molecule has 0 unspecified atom stereocenters. The summed E-state index contributed by atoms with van der Waals surface area (Å²) in [6.45, 7) is 4.38. The summed E-state index contributed by atoms with van der Waals surface area (Å²) in [6, 6.07) is 7.48. The number of carbonyl (C=O) groups excluding carboxylic acids is 1. The second-order valence-electron chi connectivity index (χ2n) is 6.64. The first-order chi connectivity index (χ1) is 12.0. The average molecular weight is 360 g/mol. The number of hydrogen-bond donors (Lipinski definition) is 2. The third-order valence-electron chi connectivity index (χ3n) is 4.42. The maximum Gasteiger partial charge on any atom is 0.251 e. The van der Waals surface area contributed by atoms with Crippen molar-refractivity contribution in [2.75, 3.05) is 0 Å². The molecule has 2 aromatic rings. The molecule has 1 aromatic heterocycles. The van der Waals surface area contributed by atoms with E-state index in [-0.39, 0.29) is 11.9 Å². The van der Waals surface area contributed by atoms with Crippen LogP contribution in [0.25, 0.3) is 0 Å². The Labute approximate surface area is 152 Å². The number of aromatic amines is 1. The second kappa shape index (κ2) is 7.82. The molecule has 25 heavy (non-hydrogen) atoms. The maximum absolute atomic E-state index is 12.3. The molecule has 7 heteroatoms. The molecule has 134 valence electrons. The number of nitrogens with one attached hydrogen (secondary N) is 2. The highest BCUT2D eigenvalue weighted by molar-refractivity contribution is 7.71. The van der Waals surface area contributed by atoms with Crippen LogP contribution >= 0.6 is 12.2 Å². The van der Waals surface area contributed by atoms with Gasteiger partial charge in [-0.3, -0.25) is 9.89 Å². The molecule has 0 saturated heterocycles. The van der Waals surface area contributed by atoms with Crippen molar-refractivity contribution < 1.29 is 9.53 Å². The number of carbonyl (C=O) groups is 1. The van der Waals surface area contributed by atoms with Crippen LogP contribution in [0.15, 0.2) is 24.3 Å². The summed E-state index contributed by atoms with van der Waals surface area (Å²) in [5.41, 5.74) is 0.601. The smallest absolute Gasteiger partial charge is 0.251 e. The number of H-pyrrole nitrogens is 1. The van der Waals surface area contributed by atoms with Gasteiger partial charge in [-0.1, -0.05) is 0 Å². The minimum Gasteiger partial charge on any atom is -0.490 e. The number of benzene rings is 1. The SMILES string of the molecule is CC(C)n1c(CNC(=O)c2ccc(OC3CCCC3)cc2)n[nH]c1=S. The van der Waals surface area contributed by atoms with E-state index in [1.165, 1.54) is 12.8 Å². The third-order valence-corrected chi connectivity index (χ3v) is 4.71. The van der Waals surface area contributed by atoms with Crippen LogP contribution in [0.1, 0.15) is 61.8 Å². The first-order valence-electron chi connectivity index (χ1n) is 8.75. The molecule has 0 bridgehead atoms. The lowest BCUT2D eigenvalue weighted by Gasteiger charge is -2.13. The molecule has 6 nitrogen and oxygen atoms in total. The van der Waals surface area contributed by atoms with Crippen LogP contribution in [0.3, 0.4) is 0 Å². The minimum absolute atomic E-state index is 0.142. The fourth-order valence-corrected chi connectivity index (χ4v) is 3.50. The van der Waals surface area contributed by atoms with Crippen LogP contribution in [-0.4, -0.2) is 26.8 Å². The Morgan fingerprint density at radius 1 is 1.36 bits per heavy atom. The summed E-state index contributed by atoms with van der Waals surface area (Å²) >= 11 is 5.21. The first-order valence-corrected chi connectivity index (χ1v) is 9.16. The van der Waals surface area contributed by atoms with E-state index in [4.69, 9.17) is 17.0 Å². The van der Waals surface area contributed by atoms with Crippen molar-refractivity contribution in [3.05, 3.63) is 40.4 Å². The van der Waals surface area contributed by atoms with E-state index in [1.807, 2.05) is 30.5 Å². The first kappa shape index (κ1) is 17.7. The van der Waals surface area contributed by atoms with Gasteiger partial charge >= 0.3 is 0 Å². The van der Waals surface area contributed by atoms with Gasteiger partial charge in [0.1, 0.15) is 5.75 Å². The lowest BCUT2D eigenvalue weighted by Crippen LogP contribution is -2.25. The van der Waals surface area contributed by atoms with Gasteiger partial charge < -0.3 is 14.6 Å². The standard InChI is InChI=1S/C18H24N4O2S/c1-12(2)22-16(20-21-18(22)25)11-19-17(23)13-7-9-15(10-8-13)24-14-5-3-4-6-14/h7-10,12,14H,3-6,11H2,1-2H3,(H,19,23)(H,21,25). The van der Waals surface area contributed by atoms with Crippen LogP contribution in [0.5, 0.6) is 5.75 Å². The predicted octanol–water partition coefficient (Wildman–Crippen LogP) is 3.77. The second-order valence-corrected chi connectivity index (χ2v) is 7.03. The van der Waals surface area contributed by atoms with Crippen LogP contribution < -0.4 is 10.1 Å². The Morgan fingerprint density at radius 2 is 2.04 bits per heavy atom. The zero-order chi connectivity index (χ0) is 17.8. The zero-order valence-corrected chi connectivity index (χ0v) is 15.4. The largest absolute Gasteiger partial charge is 0.490 e. The van der Waals surface area contributed by atoms with E-state index in [0.717, 1.165) is 24.4 Å². The molecule has 1 heterocycles. The molecule has 0 aliphatic heterocycles. The monoisotopic (exact) mass is 360 g/mol. The van der Waals surface area contributed by atoms with Gasteiger partial charge in [-0.2, -0.15) is 5.10 Å². The van der Waals surface area contributed by atoms with Crippen LogP contribution in [0.4, 0.5) is 0 Å². The van der Waals surface area contributed by atoms with E-state index < -0.39 is 0 Å². The summed E-state index contributed by atoms with van der Waals surface area (Å²) in [5, 5.41) is 9.84. The van der Waals surface area contributed by atoms with Crippen LogP contribution in [0, 0.1) is 4.77 Å². The molecule has 1 aliphatic rings. The fourth-order valence-electron chi connectivity index (χ4n) is 3.14. The normalized spacial score (nSPS) is 14.8. The van der Waals surface area contributed by atoms with E-state index in [2.05, 4.69) is 15.5 Å². The van der Waals surface area contributed by atoms with Crippen molar-refractivity contribution in [1.82, 2.24) is 20.1 Å². The highest BCUT2D eigenvalue weighted by atomic mass is 32.1. The molecule has 0 radical (unpaired) electrons. The molecule has 2 N–H and O–H groups in total. The summed E-state index contributed by atoms with van der Waals surface area (Å²) in [7, 11) is 0. The average Bonchev–Trinajstić information content (AvgIpc) is 3.22. The van der Waals surface area contributed by atoms with E-state index in [9.17, 15) is 4.79 Å². The van der Waals surface area contributed by atoms with Gasteiger partial charge in [-0.15, -0.1) is 0 Å². The molecule has 0 atom stereocenters. The molecular formula is C18H24N4O2S. The van der Waals surface area contributed by atoms with E-state index >= 15 is 0 Å².